The van der Waals surface area contributed by atoms with Crippen LogP contribution in [0.25, 0.3) is 10.1 Å². The van der Waals surface area contributed by atoms with Gasteiger partial charge in [0, 0.05) is 27.6 Å². The maximum absolute atomic E-state index is 12.6. The molecule has 0 aliphatic carbocycles. The Labute approximate surface area is 134 Å². The minimum Gasteiger partial charge on any atom is -0.397 e. The van der Waals surface area contributed by atoms with Crippen molar-refractivity contribution in [1.82, 2.24) is 4.90 Å². The van der Waals surface area contributed by atoms with Gasteiger partial charge >= 0.3 is 0 Å². The first-order chi connectivity index (χ1) is 10.1. The van der Waals surface area contributed by atoms with E-state index in [9.17, 15) is 9.90 Å². The van der Waals surface area contributed by atoms with Gasteiger partial charge < -0.3 is 20.5 Å². The quantitative estimate of drug-likeness (QED) is 0.848. The molecule has 7 heteroatoms. The van der Waals surface area contributed by atoms with E-state index in [1.807, 2.05) is 18.2 Å². The summed E-state index contributed by atoms with van der Waals surface area (Å²) in [5.74, 6) is -0.0911. The molecule has 1 fully saturated rings. The minimum atomic E-state index is -0.313. The first-order valence-electron chi connectivity index (χ1n) is 6.59. The number of ether oxygens (including phenoxy) is 1. The Balaban J connectivity index is 1.92. The number of amides is 1. The Bertz CT molecular complexity index is 688. The lowest BCUT2D eigenvalue weighted by atomic mass is 10.2. The average Bonchev–Trinajstić information content (AvgIpc) is 2.83. The van der Waals surface area contributed by atoms with E-state index in [1.54, 1.807) is 4.90 Å². The molecule has 21 heavy (non-hydrogen) atoms. The Morgan fingerprint density at radius 1 is 1.57 bits per heavy atom. The SMILES string of the molecule is Nc1c(C(=O)N2CCOC(CO)C2)sc2cc(Br)ccc12. The van der Waals surface area contributed by atoms with E-state index in [4.69, 9.17) is 10.5 Å². The van der Waals surface area contributed by atoms with E-state index >= 15 is 0 Å². The lowest BCUT2D eigenvalue weighted by Crippen LogP contribution is -2.46. The van der Waals surface area contributed by atoms with Crippen LogP contribution in [0, 0.1) is 0 Å². The monoisotopic (exact) mass is 370 g/mol. The number of carbonyl (C=O) groups excluding carboxylic acids is 1. The molecule has 0 bridgehead atoms. The van der Waals surface area contributed by atoms with E-state index in [-0.39, 0.29) is 18.6 Å². The average molecular weight is 371 g/mol. The number of thiophene rings is 1. The van der Waals surface area contributed by atoms with Crippen molar-refractivity contribution in [1.29, 1.82) is 0 Å². The van der Waals surface area contributed by atoms with Crippen LogP contribution in [0.2, 0.25) is 0 Å². The van der Waals surface area contributed by atoms with Gasteiger partial charge in [0.15, 0.2) is 0 Å². The van der Waals surface area contributed by atoms with Crippen LogP contribution < -0.4 is 5.73 Å². The van der Waals surface area contributed by atoms with Crippen molar-refractivity contribution in [2.24, 2.45) is 0 Å². The molecule has 1 aliphatic rings. The molecule has 0 radical (unpaired) electrons. The Morgan fingerprint density at radius 3 is 3.14 bits per heavy atom. The number of nitrogen functional groups attached to an aromatic ring is 1. The molecule has 2 aromatic rings. The molecule has 1 saturated heterocycles. The molecular formula is C14H15BrN2O3S. The number of fused-ring (bicyclic) bond motifs is 1. The second-order valence-electron chi connectivity index (χ2n) is 4.91. The van der Waals surface area contributed by atoms with Crippen LogP contribution in [-0.2, 0) is 4.74 Å². The standard InChI is InChI=1S/C14H15BrN2O3S/c15-8-1-2-10-11(5-8)21-13(12(10)16)14(19)17-3-4-20-9(6-17)7-18/h1-2,5,9,18H,3-4,6-7,16H2. The van der Waals surface area contributed by atoms with Crippen LogP contribution in [0.5, 0.6) is 0 Å². The third-order valence-electron chi connectivity index (χ3n) is 3.51. The number of nitrogens with zero attached hydrogens (tertiary/aromatic N) is 1. The van der Waals surface area contributed by atoms with Crippen LogP contribution in [0.15, 0.2) is 22.7 Å². The fourth-order valence-electron chi connectivity index (χ4n) is 2.41. The largest absolute Gasteiger partial charge is 0.397 e. The molecule has 1 atom stereocenters. The van der Waals surface area contributed by atoms with Gasteiger partial charge in [0.1, 0.15) is 4.88 Å². The van der Waals surface area contributed by atoms with E-state index in [1.165, 1.54) is 11.3 Å². The summed E-state index contributed by atoms with van der Waals surface area (Å²) in [5, 5.41) is 10.1. The second kappa shape index (κ2) is 5.92. The first kappa shape index (κ1) is 14.8. The molecule has 0 saturated carbocycles. The van der Waals surface area contributed by atoms with Gasteiger partial charge in [0.05, 0.1) is 25.0 Å². The van der Waals surface area contributed by atoms with Gasteiger partial charge in [-0.3, -0.25) is 4.79 Å². The summed E-state index contributed by atoms with van der Waals surface area (Å²) in [4.78, 5) is 14.9. The predicted octanol–water partition coefficient (Wildman–Crippen LogP) is 2.08. The van der Waals surface area contributed by atoms with Gasteiger partial charge in [-0.05, 0) is 12.1 Å². The molecule has 2 heterocycles. The Kier molecular flexibility index (Phi) is 4.17. The maximum atomic E-state index is 12.6. The zero-order valence-corrected chi connectivity index (χ0v) is 13.6. The number of halogens is 1. The number of rotatable bonds is 2. The number of hydrogen-bond donors (Lipinski definition) is 2. The van der Waals surface area contributed by atoms with Gasteiger partial charge in [-0.25, -0.2) is 0 Å². The van der Waals surface area contributed by atoms with Crippen LogP contribution >= 0.6 is 27.3 Å². The van der Waals surface area contributed by atoms with Crippen molar-refractivity contribution in [3.63, 3.8) is 0 Å². The lowest BCUT2D eigenvalue weighted by Gasteiger charge is -2.31. The van der Waals surface area contributed by atoms with Crippen LogP contribution in [0.3, 0.4) is 0 Å². The molecule has 1 aromatic heterocycles. The number of aliphatic hydroxyl groups excluding tert-OH is 1. The van der Waals surface area contributed by atoms with E-state index in [2.05, 4.69) is 15.9 Å². The number of morpholine rings is 1. The molecule has 3 rings (SSSR count). The molecule has 0 spiro atoms. The summed E-state index contributed by atoms with van der Waals surface area (Å²) < 4.78 is 7.31. The van der Waals surface area contributed by atoms with Gasteiger partial charge in [-0.1, -0.05) is 22.0 Å². The van der Waals surface area contributed by atoms with Gasteiger partial charge in [-0.15, -0.1) is 11.3 Å². The molecule has 1 aliphatic heterocycles. The maximum Gasteiger partial charge on any atom is 0.266 e. The predicted molar refractivity (Wildman–Crippen MR) is 86.7 cm³/mol. The zero-order chi connectivity index (χ0) is 15.0. The number of aliphatic hydroxyl groups is 1. The number of hydrogen-bond acceptors (Lipinski definition) is 5. The number of nitrogens with two attached hydrogens (primary N) is 1. The number of benzene rings is 1. The topological polar surface area (TPSA) is 75.8 Å². The normalized spacial score (nSPS) is 19.1. The molecule has 1 aromatic carbocycles. The summed E-state index contributed by atoms with van der Waals surface area (Å²) in [6.45, 7) is 1.27. The zero-order valence-electron chi connectivity index (χ0n) is 11.2. The summed E-state index contributed by atoms with van der Waals surface area (Å²) in [6.07, 6.45) is -0.313. The van der Waals surface area contributed by atoms with Crippen molar-refractivity contribution in [2.45, 2.75) is 6.10 Å². The first-order valence-corrected chi connectivity index (χ1v) is 8.20. The minimum absolute atomic E-state index is 0.0847. The third-order valence-corrected chi connectivity index (χ3v) is 5.16. The highest BCUT2D eigenvalue weighted by molar-refractivity contribution is 9.10. The molecule has 112 valence electrons. The lowest BCUT2D eigenvalue weighted by molar-refractivity contribution is -0.0445. The fourth-order valence-corrected chi connectivity index (χ4v) is 4.05. The number of anilines is 1. The van der Waals surface area contributed by atoms with E-state index in [0.29, 0.717) is 30.3 Å². The Morgan fingerprint density at radius 2 is 2.38 bits per heavy atom. The third kappa shape index (κ3) is 2.78. The molecule has 1 amide bonds. The van der Waals surface area contributed by atoms with Crippen LogP contribution in [0.4, 0.5) is 5.69 Å². The van der Waals surface area contributed by atoms with Crippen molar-refractivity contribution >= 4 is 48.9 Å². The molecule has 3 N–H and O–H groups in total. The summed E-state index contributed by atoms with van der Waals surface area (Å²) in [6, 6.07) is 5.79. The van der Waals surface area contributed by atoms with Gasteiger partial charge in [0.25, 0.3) is 5.91 Å². The fraction of sp³-hybridized carbons (Fsp3) is 0.357. The number of carbonyl (C=O) groups is 1. The highest BCUT2D eigenvalue weighted by Crippen LogP contribution is 2.36. The summed E-state index contributed by atoms with van der Waals surface area (Å²) in [5.41, 5.74) is 6.66. The van der Waals surface area contributed by atoms with E-state index < -0.39 is 0 Å². The molecular weight excluding hydrogens is 356 g/mol. The van der Waals surface area contributed by atoms with Crippen molar-refractivity contribution in [3.05, 3.63) is 27.5 Å². The smallest absolute Gasteiger partial charge is 0.266 e. The molecule has 5 nitrogen and oxygen atoms in total. The van der Waals surface area contributed by atoms with E-state index in [0.717, 1.165) is 14.6 Å². The highest BCUT2D eigenvalue weighted by Gasteiger charge is 2.27. The van der Waals surface area contributed by atoms with Crippen molar-refractivity contribution < 1.29 is 14.6 Å². The molecule has 1 unspecified atom stereocenters. The van der Waals surface area contributed by atoms with Crippen molar-refractivity contribution in [2.75, 3.05) is 32.0 Å². The van der Waals surface area contributed by atoms with Crippen molar-refractivity contribution in [3.8, 4) is 0 Å². The van der Waals surface area contributed by atoms with Gasteiger partial charge in [-0.2, -0.15) is 0 Å². The highest BCUT2D eigenvalue weighted by atomic mass is 79.9. The Hall–Kier alpha value is -1.15. The van der Waals surface area contributed by atoms with Crippen LogP contribution in [0.1, 0.15) is 9.67 Å². The summed E-state index contributed by atoms with van der Waals surface area (Å²) >= 11 is 4.82. The summed E-state index contributed by atoms with van der Waals surface area (Å²) in [7, 11) is 0. The van der Waals surface area contributed by atoms with Crippen LogP contribution in [-0.4, -0.2) is 48.3 Å². The second-order valence-corrected chi connectivity index (χ2v) is 6.88. The van der Waals surface area contributed by atoms with Gasteiger partial charge in [0.2, 0.25) is 0 Å².